The quantitative estimate of drug-likeness (QED) is 0.640. The van der Waals surface area contributed by atoms with Gasteiger partial charge in [-0.15, -0.1) is 0 Å². The van der Waals surface area contributed by atoms with Crippen LogP contribution in [0.15, 0.2) is 51.9 Å². The molecule has 0 saturated heterocycles. The highest BCUT2D eigenvalue weighted by molar-refractivity contribution is 7.92. The van der Waals surface area contributed by atoms with Gasteiger partial charge in [0.2, 0.25) is 5.89 Å². The number of rotatable bonds is 6. The lowest BCUT2D eigenvalue weighted by Crippen LogP contribution is -2.26. The molecule has 2 N–H and O–H groups in total. The van der Waals surface area contributed by atoms with E-state index in [0.29, 0.717) is 23.0 Å². The first-order chi connectivity index (χ1) is 13.7. The van der Waals surface area contributed by atoms with Gasteiger partial charge >= 0.3 is 0 Å². The minimum absolute atomic E-state index is 0.186. The number of nitrogens with zero attached hydrogens (tertiary/aromatic N) is 2. The number of hydrogen-bond donors (Lipinski definition) is 2. The second-order valence-corrected chi connectivity index (χ2v) is 8.49. The van der Waals surface area contributed by atoms with E-state index < -0.39 is 16.1 Å². The molecule has 1 aromatic heterocycles. The molecule has 0 bridgehead atoms. The molecule has 8 nitrogen and oxygen atoms in total. The van der Waals surface area contributed by atoms with Crippen molar-refractivity contribution in [3.05, 3.63) is 70.9 Å². The van der Waals surface area contributed by atoms with Crippen LogP contribution in [-0.2, 0) is 10.0 Å². The van der Waals surface area contributed by atoms with Crippen molar-refractivity contribution in [1.29, 1.82) is 0 Å². The van der Waals surface area contributed by atoms with Crippen molar-refractivity contribution in [2.24, 2.45) is 0 Å². The second kappa shape index (κ2) is 8.04. The Hall–Kier alpha value is -3.20. The van der Waals surface area contributed by atoms with Crippen LogP contribution in [0.4, 0.5) is 5.69 Å². The maximum absolute atomic E-state index is 12.6. The zero-order valence-corrected chi connectivity index (χ0v) is 17.4. The molecule has 1 atom stereocenters. The molecule has 29 heavy (non-hydrogen) atoms. The van der Waals surface area contributed by atoms with E-state index >= 15 is 0 Å². The first-order valence-electron chi connectivity index (χ1n) is 8.97. The molecule has 3 rings (SSSR count). The van der Waals surface area contributed by atoms with Crippen LogP contribution >= 0.6 is 0 Å². The van der Waals surface area contributed by atoms with E-state index in [1.165, 1.54) is 12.1 Å². The van der Waals surface area contributed by atoms with Gasteiger partial charge in [-0.05, 0) is 75.2 Å². The molecule has 0 aliphatic rings. The molecule has 1 amide bonds. The normalized spacial score (nSPS) is 12.4. The highest BCUT2D eigenvalue weighted by Gasteiger charge is 2.18. The molecule has 152 valence electrons. The van der Waals surface area contributed by atoms with Gasteiger partial charge in [-0.3, -0.25) is 9.52 Å². The van der Waals surface area contributed by atoms with Crippen molar-refractivity contribution in [1.82, 2.24) is 15.5 Å². The highest BCUT2D eigenvalue weighted by atomic mass is 32.2. The molecule has 0 saturated carbocycles. The summed E-state index contributed by atoms with van der Waals surface area (Å²) >= 11 is 0. The van der Waals surface area contributed by atoms with Gasteiger partial charge in [-0.1, -0.05) is 11.2 Å². The average Bonchev–Trinajstić information content (AvgIpc) is 3.10. The zero-order chi connectivity index (χ0) is 21.2. The smallest absolute Gasteiger partial charge is 0.261 e. The molecule has 9 heteroatoms. The van der Waals surface area contributed by atoms with E-state index in [1.54, 1.807) is 44.2 Å². The minimum atomic E-state index is -3.72. The van der Waals surface area contributed by atoms with E-state index in [-0.39, 0.29) is 10.8 Å². The second-order valence-electron chi connectivity index (χ2n) is 6.80. The monoisotopic (exact) mass is 414 g/mol. The van der Waals surface area contributed by atoms with Crippen molar-refractivity contribution in [3.8, 4) is 0 Å². The van der Waals surface area contributed by atoms with Gasteiger partial charge in [0.25, 0.3) is 15.9 Å². The van der Waals surface area contributed by atoms with Crippen LogP contribution in [0.1, 0.15) is 46.2 Å². The van der Waals surface area contributed by atoms with Crippen LogP contribution in [0, 0.1) is 20.8 Å². The Morgan fingerprint density at radius 2 is 1.72 bits per heavy atom. The Kier molecular flexibility index (Phi) is 5.69. The average molecular weight is 414 g/mol. The van der Waals surface area contributed by atoms with Gasteiger partial charge in [-0.25, -0.2) is 8.42 Å². The predicted molar refractivity (Wildman–Crippen MR) is 108 cm³/mol. The topological polar surface area (TPSA) is 114 Å². The number of carbonyl (C=O) groups is 1. The number of aryl methyl sites for hydroxylation is 3. The summed E-state index contributed by atoms with van der Waals surface area (Å²) < 4.78 is 32.7. The summed E-state index contributed by atoms with van der Waals surface area (Å²) in [5, 5.41) is 6.45. The SMILES string of the molecule is Cc1noc(C(C)NC(=O)c2ccc(NS(=O)(=O)c3ccc(C)c(C)c3)cc2)n1. The van der Waals surface area contributed by atoms with Crippen LogP contribution < -0.4 is 10.0 Å². The lowest BCUT2D eigenvalue weighted by Gasteiger charge is -2.12. The van der Waals surface area contributed by atoms with E-state index in [9.17, 15) is 13.2 Å². The van der Waals surface area contributed by atoms with E-state index in [4.69, 9.17) is 4.52 Å². The van der Waals surface area contributed by atoms with Crippen molar-refractivity contribution in [2.75, 3.05) is 4.72 Å². The van der Waals surface area contributed by atoms with E-state index in [2.05, 4.69) is 20.2 Å². The Morgan fingerprint density at radius 3 is 2.31 bits per heavy atom. The molecular formula is C20H22N4O4S. The Morgan fingerprint density at radius 1 is 1.03 bits per heavy atom. The molecule has 1 heterocycles. The molecule has 0 radical (unpaired) electrons. The fourth-order valence-electron chi connectivity index (χ4n) is 2.62. The van der Waals surface area contributed by atoms with Gasteiger partial charge in [0.1, 0.15) is 6.04 Å². The third-order valence-corrected chi connectivity index (χ3v) is 5.83. The lowest BCUT2D eigenvalue weighted by molar-refractivity contribution is 0.0932. The van der Waals surface area contributed by atoms with Gasteiger partial charge in [0.15, 0.2) is 5.82 Å². The minimum Gasteiger partial charge on any atom is -0.341 e. The van der Waals surface area contributed by atoms with Crippen molar-refractivity contribution >= 4 is 21.6 Å². The maximum Gasteiger partial charge on any atom is 0.261 e. The summed E-state index contributed by atoms with van der Waals surface area (Å²) in [5.41, 5.74) is 2.65. The standard InChI is InChI=1S/C20H22N4O4S/c1-12-5-10-18(11-13(12)2)29(26,27)24-17-8-6-16(7-9-17)19(25)21-14(3)20-22-15(4)23-28-20/h5-11,14,24H,1-4H3,(H,21,25). The number of nitrogens with one attached hydrogen (secondary N) is 2. The number of hydrogen-bond acceptors (Lipinski definition) is 6. The summed E-state index contributed by atoms with van der Waals surface area (Å²) in [7, 11) is -3.72. The molecule has 2 aromatic carbocycles. The number of carbonyl (C=O) groups excluding carboxylic acids is 1. The number of anilines is 1. The fourth-order valence-corrected chi connectivity index (χ4v) is 3.76. The van der Waals surface area contributed by atoms with E-state index in [0.717, 1.165) is 11.1 Å². The third-order valence-electron chi connectivity index (χ3n) is 4.45. The Bertz CT molecular complexity index is 1140. The van der Waals surface area contributed by atoms with Crippen LogP contribution in [-0.4, -0.2) is 24.5 Å². The fraction of sp³-hybridized carbons (Fsp3) is 0.250. The number of sulfonamides is 1. The molecule has 0 aliphatic carbocycles. The van der Waals surface area contributed by atoms with Crippen LogP contribution in [0.25, 0.3) is 0 Å². The number of amides is 1. The summed E-state index contributed by atoms with van der Waals surface area (Å²) in [4.78, 5) is 16.7. The zero-order valence-electron chi connectivity index (χ0n) is 16.6. The molecule has 0 fully saturated rings. The number of benzene rings is 2. The molecule has 1 unspecified atom stereocenters. The van der Waals surface area contributed by atoms with Crippen LogP contribution in [0.2, 0.25) is 0 Å². The summed E-state index contributed by atoms with van der Waals surface area (Å²) in [6, 6.07) is 10.7. The molecule has 0 spiro atoms. The lowest BCUT2D eigenvalue weighted by atomic mass is 10.1. The number of aromatic nitrogens is 2. The van der Waals surface area contributed by atoms with Crippen molar-refractivity contribution in [3.63, 3.8) is 0 Å². The predicted octanol–water partition coefficient (Wildman–Crippen LogP) is 3.29. The van der Waals surface area contributed by atoms with Gasteiger partial charge in [-0.2, -0.15) is 4.98 Å². The van der Waals surface area contributed by atoms with Crippen molar-refractivity contribution < 1.29 is 17.7 Å². The van der Waals surface area contributed by atoms with Crippen molar-refractivity contribution in [2.45, 2.75) is 38.6 Å². The maximum atomic E-state index is 12.6. The molecule has 3 aromatic rings. The highest BCUT2D eigenvalue weighted by Crippen LogP contribution is 2.19. The Balaban J connectivity index is 1.69. The largest absolute Gasteiger partial charge is 0.341 e. The van der Waals surface area contributed by atoms with Gasteiger partial charge in [0.05, 0.1) is 4.90 Å². The summed E-state index contributed by atoms with van der Waals surface area (Å²) in [5.74, 6) is 0.465. The molecular weight excluding hydrogens is 392 g/mol. The summed E-state index contributed by atoms with van der Waals surface area (Å²) in [6.45, 7) is 7.21. The van der Waals surface area contributed by atoms with Crippen LogP contribution in [0.3, 0.4) is 0 Å². The first-order valence-corrected chi connectivity index (χ1v) is 10.5. The van der Waals surface area contributed by atoms with Gasteiger partial charge < -0.3 is 9.84 Å². The van der Waals surface area contributed by atoms with Crippen LogP contribution in [0.5, 0.6) is 0 Å². The van der Waals surface area contributed by atoms with E-state index in [1.807, 2.05) is 13.8 Å². The summed E-state index contributed by atoms with van der Waals surface area (Å²) in [6.07, 6.45) is 0. The molecule has 0 aliphatic heterocycles. The van der Waals surface area contributed by atoms with Gasteiger partial charge in [0, 0.05) is 11.3 Å². The first kappa shape index (κ1) is 20.5. The third kappa shape index (κ3) is 4.80. The Labute approximate surface area is 169 Å².